The molecule has 2 N–H and O–H groups in total. The van der Waals surface area contributed by atoms with Crippen LogP contribution in [-0.2, 0) is 4.84 Å². The summed E-state index contributed by atoms with van der Waals surface area (Å²) in [6.07, 6.45) is 2.46. The third kappa shape index (κ3) is 3.29. The first kappa shape index (κ1) is 15.9. The molecule has 0 spiro atoms. The minimum absolute atomic E-state index is 0.475. The van der Waals surface area contributed by atoms with E-state index in [4.69, 9.17) is 4.84 Å². The minimum atomic E-state index is -0.526. The van der Waals surface area contributed by atoms with Gasteiger partial charge < -0.3 is 4.84 Å². The number of aryl methyl sites for hydroxylation is 1. The van der Waals surface area contributed by atoms with E-state index in [1.165, 1.54) is 16.0 Å². The SMILES string of the molecule is Cc1ccsc1C1=CCN(OC(=O)Nc2n[nH]c3ccccc23)CC1. The predicted molar refractivity (Wildman–Crippen MR) is 99.4 cm³/mol. The standard InChI is InChI=1S/C18H18N4O2S/c1-12-8-11-25-16(12)13-6-9-22(10-7-13)24-18(23)19-17-14-4-2-3-5-15(14)20-21-17/h2-6,8,11H,7,9-10H2,1H3,(H2,19,20,21,23). The topological polar surface area (TPSA) is 70.2 Å². The molecule has 128 valence electrons. The van der Waals surface area contributed by atoms with Crippen LogP contribution in [0.3, 0.4) is 0 Å². The van der Waals surface area contributed by atoms with Gasteiger partial charge in [0.15, 0.2) is 5.82 Å². The van der Waals surface area contributed by atoms with E-state index >= 15 is 0 Å². The van der Waals surface area contributed by atoms with E-state index in [0.717, 1.165) is 17.3 Å². The number of rotatable bonds is 3. The average molecular weight is 354 g/mol. The number of nitrogens with one attached hydrogen (secondary N) is 2. The molecule has 2 aromatic heterocycles. The number of thiophene rings is 1. The van der Waals surface area contributed by atoms with Crippen molar-refractivity contribution in [1.82, 2.24) is 15.3 Å². The van der Waals surface area contributed by atoms with E-state index in [9.17, 15) is 4.79 Å². The van der Waals surface area contributed by atoms with Crippen molar-refractivity contribution in [3.63, 3.8) is 0 Å². The lowest BCUT2D eigenvalue weighted by atomic mass is 10.1. The smallest absolute Gasteiger partial charge is 0.350 e. The molecule has 7 heteroatoms. The highest BCUT2D eigenvalue weighted by Gasteiger charge is 2.19. The Morgan fingerprint density at radius 2 is 2.24 bits per heavy atom. The molecular weight excluding hydrogens is 336 g/mol. The van der Waals surface area contributed by atoms with Crippen molar-refractivity contribution in [2.75, 3.05) is 18.4 Å². The number of anilines is 1. The summed E-state index contributed by atoms with van der Waals surface area (Å²) in [5, 5.41) is 14.3. The van der Waals surface area contributed by atoms with Gasteiger partial charge >= 0.3 is 6.09 Å². The number of hydrogen-bond acceptors (Lipinski definition) is 5. The molecule has 0 saturated heterocycles. The Morgan fingerprint density at radius 1 is 1.36 bits per heavy atom. The lowest BCUT2D eigenvalue weighted by Gasteiger charge is -2.24. The van der Waals surface area contributed by atoms with Crippen molar-refractivity contribution in [3.05, 3.63) is 52.2 Å². The van der Waals surface area contributed by atoms with Gasteiger partial charge in [0, 0.05) is 16.8 Å². The monoisotopic (exact) mass is 354 g/mol. The van der Waals surface area contributed by atoms with E-state index < -0.39 is 6.09 Å². The summed E-state index contributed by atoms with van der Waals surface area (Å²) in [7, 11) is 0. The van der Waals surface area contributed by atoms with Gasteiger partial charge in [-0.15, -0.1) is 16.4 Å². The Bertz CT molecular complexity index is 943. The Kier molecular flexibility index (Phi) is 4.25. The van der Waals surface area contributed by atoms with Crippen molar-refractivity contribution >= 4 is 39.7 Å². The van der Waals surface area contributed by atoms with E-state index in [2.05, 4.69) is 40.0 Å². The zero-order chi connectivity index (χ0) is 17.2. The van der Waals surface area contributed by atoms with E-state index in [0.29, 0.717) is 18.9 Å². The van der Waals surface area contributed by atoms with Crippen LogP contribution in [0, 0.1) is 6.92 Å². The van der Waals surface area contributed by atoms with Crippen molar-refractivity contribution < 1.29 is 9.63 Å². The molecule has 0 unspecified atom stereocenters. The van der Waals surface area contributed by atoms with Gasteiger partial charge in [-0.2, -0.15) is 5.10 Å². The first-order chi connectivity index (χ1) is 12.2. The fraction of sp³-hybridized carbons (Fsp3) is 0.222. The number of hydroxylamine groups is 2. The number of carbonyl (C=O) groups is 1. The van der Waals surface area contributed by atoms with Crippen molar-refractivity contribution in [2.24, 2.45) is 0 Å². The number of amides is 1. The van der Waals surface area contributed by atoms with Gasteiger partial charge in [0.2, 0.25) is 0 Å². The van der Waals surface area contributed by atoms with Crippen LogP contribution in [0.15, 0.2) is 41.8 Å². The molecule has 0 radical (unpaired) electrons. The number of carbonyl (C=O) groups excluding carboxylic acids is 1. The van der Waals surface area contributed by atoms with Crippen LogP contribution in [0.4, 0.5) is 10.6 Å². The molecule has 0 fully saturated rings. The lowest BCUT2D eigenvalue weighted by Crippen LogP contribution is -2.33. The normalized spacial score (nSPS) is 15.2. The number of hydrogen-bond donors (Lipinski definition) is 2. The summed E-state index contributed by atoms with van der Waals surface area (Å²) >= 11 is 1.76. The van der Waals surface area contributed by atoms with Crippen LogP contribution in [0.1, 0.15) is 16.9 Å². The Morgan fingerprint density at radius 3 is 3.00 bits per heavy atom. The van der Waals surface area contributed by atoms with Gasteiger partial charge in [0.05, 0.1) is 12.1 Å². The first-order valence-electron chi connectivity index (χ1n) is 8.11. The molecular formula is C18H18N4O2S. The molecule has 1 aliphatic heterocycles. The summed E-state index contributed by atoms with van der Waals surface area (Å²) in [4.78, 5) is 18.9. The molecule has 1 aliphatic rings. The Hall–Kier alpha value is -2.64. The molecule has 6 nitrogen and oxygen atoms in total. The number of H-pyrrole nitrogens is 1. The van der Waals surface area contributed by atoms with Crippen molar-refractivity contribution in [2.45, 2.75) is 13.3 Å². The van der Waals surface area contributed by atoms with Crippen LogP contribution in [0.5, 0.6) is 0 Å². The zero-order valence-corrected chi connectivity index (χ0v) is 14.6. The first-order valence-corrected chi connectivity index (χ1v) is 8.99. The lowest BCUT2D eigenvalue weighted by molar-refractivity contribution is -0.0851. The highest BCUT2D eigenvalue weighted by atomic mass is 32.1. The average Bonchev–Trinajstić information content (AvgIpc) is 3.22. The zero-order valence-electron chi connectivity index (χ0n) is 13.8. The second kappa shape index (κ2) is 6.70. The second-order valence-electron chi connectivity index (χ2n) is 5.92. The Balaban J connectivity index is 1.38. The van der Waals surface area contributed by atoms with Crippen LogP contribution >= 0.6 is 11.3 Å². The summed E-state index contributed by atoms with van der Waals surface area (Å²) in [5.41, 5.74) is 3.49. The van der Waals surface area contributed by atoms with Gasteiger partial charge in [0.1, 0.15) is 0 Å². The fourth-order valence-electron chi connectivity index (χ4n) is 2.94. The number of fused-ring (bicyclic) bond motifs is 1. The van der Waals surface area contributed by atoms with Crippen LogP contribution in [0.2, 0.25) is 0 Å². The second-order valence-corrected chi connectivity index (χ2v) is 6.84. The number of aromatic amines is 1. The van der Waals surface area contributed by atoms with Crippen molar-refractivity contribution in [1.29, 1.82) is 0 Å². The molecule has 25 heavy (non-hydrogen) atoms. The van der Waals surface area contributed by atoms with Gasteiger partial charge in [-0.25, -0.2) is 4.79 Å². The number of para-hydroxylation sites is 1. The quantitative estimate of drug-likeness (QED) is 0.740. The highest BCUT2D eigenvalue weighted by Crippen LogP contribution is 2.29. The molecule has 3 heterocycles. The molecule has 4 rings (SSSR count). The summed E-state index contributed by atoms with van der Waals surface area (Å²) in [6, 6.07) is 9.74. The van der Waals surface area contributed by atoms with E-state index in [1.54, 1.807) is 16.4 Å². The van der Waals surface area contributed by atoms with Gasteiger partial charge in [-0.1, -0.05) is 18.2 Å². The largest absolute Gasteiger partial charge is 0.432 e. The maximum atomic E-state index is 12.1. The molecule has 1 amide bonds. The summed E-state index contributed by atoms with van der Waals surface area (Å²) < 4.78 is 0. The van der Waals surface area contributed by atoms with Crippen molar-refractivity contribution in [3.8, 4) is 0 Å². The van der Waals surface area contributed by atoms with E-state index in [1.807, 2.05) is 24.3 Å². The maximum Gasteiger partial charge on any atom is 0.432 e. The third-order valence-corrected chi connectivity index (χ3v) is 5.32. The Labute approximate surface area is 149 Å². The van der Waals surface area contributed by atoms with Gasteiger partial charge in [-0.3, -0.25) is 10.4 Å². The predicted octanol–water partition coefficient (Wildman–Crippen LogP) is 4.19. The maximum absolute atomic E-state index is 12.1. The number of nitrogens with zero attached hydrogens (tertiary/aromatic N) is 2. The number of aromatic nitrogens is 2. The molecule has 0 saturated carbocycles. The minimum Gasteiger partial charge on any atom is -0.350 e. The van der Waals surface area contributed by atoms with Crippen LogP contribution in [0.25, 0.3) is 16.5 Å². The molecule has 0 atom stereocenters. The molecule has 3 aromatic rings. The van der Waals surface area contributed by atoms with Crippen LogP contribution < -0.4 is 5.32 Å². The molecule has 0 aliphatic carbocycles. The molecule has 0 bridgehead atoms. The summed E-state index contributed by atoms with van der Waals surface area (Å²) in [6.45, 7) is 3.39. The van der Waals surface area contributed by atoms with Gasteiger partial charge in [0.25, 0.3) is 0 Å². The highest BCUT2D eigenvalue weighted by molar-refractivity contribution is 7.11. The van der Waals surface area contributed by atoms with E-state index in [-0.39, 0.29) is 0 Å². The fourth-order valence-corrected chi connectivity index (χ4v) is 3.94. The van der Waals surface area contributed by atoms with Gasteiger partial charge in [-0.05, 0) is 48.1 Å². The van der Waals surface area contributed by atoms with Crippen LogP contribution in [-0.4, -0.2) is 34.4 Å². The third-order valence-electron chi connectivity index (χ3n) is 4.23. The number of benzene rings is 1. The molecule has 1 aromatic carbocycles. The summed E-state index contributed by atoms with van der Waals surface area (Å²) in [5.74, 6) is 0.475.